The normalized spacial score (nSPS) is 40.9. The zero-order valence-electron chi connectivity index (χ0n) is 15.5. The number of ketones is 1. The van der Waals surface area contributed by atoms with Crippen molar-refractivity contribution in [3.63, 3.8) is 0 Å². The Labute approximate surface area is 158 Å². The monoisotopic (exact) mass is 369 g/mol. The van der Waals surface area contributed by atoms with E-state index in [1.54, 1.807) is 6.07 Å². The summed E-state index contributed by atoms with van der Waals surface area (Å²) in [5.41, 5.74) is 5.98. The Morgan fingerprint density at radius 3 is 2.96 bits per heavy atom. The first-order valence-corrected chi connectivity index (χ1v) is 9.61. The maximum Gasteiger partial charge on any atom is 0.252 e. The second-order valence-corrected chi connectivity index (χ2v) is 8.84. The van der Waals surface area contributed by atoms with Crippen molar-refractivity contribution in [1.29, 1.82) is 0 Å². The van der Waals surface area contributed by atoms with Gasteiger partial charge in [0, 0.05) is 24.8 Å². The van der Waals surface area contributed by atoms with Crippen LogP contribution in [0.3, 0.4) is 0 Å². The third-order valence-corrected chi connectivity index (χ3v) is 7.74. The number of ether oxygens (including phenoxy) is 1. The fraction of sp³-hybridized carbons (Fsp3) is 0.524. The van der Waals surface area contributed by atoms with Gasteiger partial charge in [-0.3, -0.25) is 9.59 Å². The molecule has 1 saturated carbocycles. The molecule has 2 heterocycles. The maximum atomic E-state index is 12.9. The van der Waals surface area contributed by atoms with E-state index in [0.717, 1.165) is 24.2 Å². The van der Waals surface area contributed by atoms with E-state index in [9.17, 15) is 14.7 Å². The van der Waals surface area contributed by atoms with E-state index in [1.807, 2.05) is 12.1 Å². The van der Waals surface area contributed by atoms with Crippen LogP contribution < -0.4 is 10.5 Å². The molecule has 2 bridgehead atoms. The Morgan fingerprint density at radius 1 is 1.48 bits per heavy atom. The molecule has 2 aliphatic heterocycles. The number of primary amides is 1. The number of likely N-dealkylation sites (tertiary alicyclic amines) is 1. The van der Waals surface area contributed by atoms with Gasteiger partial charge in [-0.1, -0.05) is 12.6 Å². The molecule has 3 N–H and O–H groups in total. The second-order valence-electron chi connectivity index (χ2n) is 8.84. The molecule has 1 saturated heterocycles. The second kappa shape index (κ2) is 5.00. The fourth-order valence-electron chi connectivity index (χ4n) is 6.55. The van der Waals surface area contributed by atoms with Crippen molar-refractivity contribution in [2.45, 2.75) is 48.8 Å². The Morgan fingerprint density at radius 2 is 2.26 bits per heavy atom. The highest BCUT2D eigenvalue weighted by Gasteiger charge is 2.76. The summed E-state index contributed by atoms with van der Waals surface area (Å²) in [6, 6.07) is 3.59. The van der Waals surface area contributed by atoms with Crippen molar-refractivity contribution >= 4 is 11.7 Å². The van der Waals surface area contributed by atoms with Crippen LogP contribution in [0.1, 0.15) is 40.7 Å². The highest BCUT2D eigenvalue weighted by atomic mass is 16.5. The first-order valence-electron chi connectivity index (χ1n) is 9.61. The summed E-state index contributed by atoms with van der Waals surface area (Å²) in [5, 5.41) is 12.1. The van der Waals surface area contributed by atoms with Gasteiger partial charge in [-0.2, -0.15) is 0 Å². The summed E-state index contributed by atoms with van der Waals surface area (Å²) in [5.74, 6) is -0.126. The zero-order chi connectivity index (χ0) is 19.2. The van der Waals surface area contributed by atoms with Gasteiger partial charge in [0.05, 0.1) is 31.1 Å². The van der Waals surface area contributed by atoms with E-state index >= 15 is 0 Å². The Hall–Kier alpha value is -2.18. The van der Waals surface area contributed by atoms with Gasteiger partial charge in [0.25, 0.3) is 5.91 Å². The molecule has 0 radical (unpaired) electrons. The van der Waals surface area contributed by atoms with E-state index < -0.39 is 23.0 Å². The average molecular weight is 369 g/mol. The van der Waals surface area contributed by atoms with E-state index in [2.05, 4.69) is 13.6 Å². The highest BCUT2D eigenvalue weighted by Crippen LogP contribution is 2.64. The highest BCUT2D eigenvalue weighted by molar-refractivity contribution is 5.98. The number of rotatable bonds is 3. The Bertz CT molecular complexity index is 912. The number of hydrogen-bond donors (Lipinski definition) is 2. The molecule has 5 unspecified atom stereocenters. The molecule has 1 amide bonds. The molecule has 1 spiro atoms. The molecule has 6 nitrogen and oxygen atoms in total. The number of hydrogen-bond acceptors (Lipinski definition) is 4. The SMILES string of the molecule is C=CC[N+]1(C)CCC23c4c5ccc(C(N)=O)c4OC2C(=O)CCC3(O)C1C5. The minimum absolute atomic E-state index is 0.0118. The average Bonchev–Trinajstić information content (AvgIpc) is 2.97. The molecule has 2 fully saturated rings. The lowest BCUT2D eigenvalue weighted by atomic mass is 9.48. The lowest BCUT2D eigenvalue weighted by Crippen LogP contribution is -2.80. The number of benzene rings is 1. The number of aliphatic hydroxyl groups is 1. The largest absolute Gasteiger partial charge is 0.480 e. The number of nitrogens with two attached hydrogens (primary N) is 1. The van der Waals surface area contributed by atoms with Gasteiger partial charge >= 0.3 is 0 Å². The van der Waals surface area contributed by atoms with Crippen molar-refractivity contribution < 1.29 is 23.9 Å². The van der Waals surface area contributed by atoms with E-state index in [1.165, 1.54) is 0 Å². The van der Waals surface area contributed by atoms with Crippen molar-refractivity contribution in [1.82, 2.24) is 0 Å². The van der Waals surface area contributed by atoms with Gasteiger partial charge in [0.2, 0.25) is 0 Å². The van der Waals surface area contributed by atoms with Gasteiger partial charge in [0.15, 0.2) is 11.9 Å². The van der Waals surface area contributed by atoms with Crippen molar-refractivity contribution in [3.8, 4) is 5.75 Å². The van der Waals surface area contributed by atoms with Crippen LogP contribution in [-0.2, 0) is 16.6 Å². The van der Waals surface area contributed by atoms with Crippen LogP contribution >= 0.6 is 0 Å². The topological polar surface area (TPSA) is 89.6 Å². The number of carbonyl (C=O) groups excluding carboxylic acids is 2. The summed E-state index contributed by atoms with van der Waals surface area (Å²) in [6.07, 6.45) is 3.24. The summed E-state index contributed by atoms with van der Waals surface area (Å²) in [6.45, 7) is 5.51. The first kappa shape index (κ1) is 17.0. The van der Waals surface area contributed by atoms with Crippen LogP contribution in [0.25, 0.3) is 0 Å². The van der Waals surface area contributed by atoms with E-state index in [0.29, 0.717) is 41.5 Å². The number of piperidine rings is 1. The molecule has 5 atom stereocenters. The molecule has 5 rings (SSSR count). The van der Waals surface area contributed by atoms with Crippen LogP contribution in [0.15, 0.2) is 24.8 Å². The van der Waals surface area contributed by atoms with Crippen LogP contribution in [0.2, 0.25) is 0 Å². The van der Waals surface area contributed by atoms with Crippen molar-refractivity contribution in [2.75, 3.05) is 20.1 Å². The van der Waals surface area contributed by atoms with Crippen LogP contribution in [0, 0.1) is 0 Å². The first-order chi connectivity index (χ1) is 12.8. The molecular formula is C21H25N2O4+. The lowest BCUT2D eigenvalue weighted by Gasteiger charge is -2.64. The molecule has 6 heteroatoms. The zero-order valence-corrected chi connectivity index (χ0v) is 15.5. The summed E-state index contributed by atoms with van der Waals surface area (Å²) < 4.78 is 6.84. The molecule has 0 aromatic heterocycles. The summed E-state index contributed by atoms with van der Waals surface area (Å²) in [7, 11) is 2.17. The number of nitrogens with zero attached hydrogens (tertiary/aromatic N) is 1. The lowest BCUT2D eigenvalue weighted by molar-refractivity contribution is -0.944. The minimum Gasteiger partial charge on any atom is -0.480 e. The predicted octanol–water partition coefficient (Wildman–Crippen LogP) is 0.839. The molecule has 2 aliphatic carbocycles. The molecular weight excluding hydrogens is 344 g/mol. The third-order valence-electron chi connectivity index (χ3n) is 7.74. The van der Waals surface area contributed by atoms with E-state index in [4.69, 9.17) is 10.5 Å². The van der Waals surface area contributed by atoms with Crippen molar-refractivity contribution in [3.05, 3.63) is 41.5 Å². The van der Waals surface area contributed by atoms with Crippen LogP contribution in [0.4, 0.5) is 0 Å². The molecule has 1 aromatic carbocycles. The quantitative estimate of drug-likeness (QED) is 0.610. The maximum absolute atomic E-state index is 12.9. The molecule has 27 heavy (non-hydrogen) atoms. The number of Topliss-reactive ketones (excluding diaryl/α,β-unsaturated/α-hetero) is 1. The Kier molecular flexibility index (Phi) is 3.14. The minimum atomic E-state index is -1.05. The summed E-state index contributed by atoms with van der Waals surface area (Å²) >= 11 is 0. The molecule has 1 aromatic rings. The number of carbonyl (C=O) groups is 2. The standard InChI is InChI=1S/C21H24N2O4/c1-3-9-23(2)10-8-20-16-12-4-5-13(19(22)25)17(16)27-18(20)14(24)6-7-21(20,26)15(23)11-12/h3-5,15,18,26H,1,6-11H2,2H3,(H-,22,25)/p+1. The van der Waals surface area contributed by atoms with Gasteiger partial charge in [-0.25, -0.2) is 0 Å². The molecule has 142 valence electrons. The third kappa shape index (κ3) is 1.74. The van der Waals surface area contributed by atoms with Gasteiger partial charge in [0.1, 0.15) is 17.4 Å². The number of quaternary nitrogens is 1. The molecule has 4 aliphatic rings. The van der Waals surface area contributed by atoms with Crippen LogP contribution in [0.5, 0.6) is 5.75 Å². The Balaban J connectivity index is 1.82. The van der Waals surface area contributed by atoms with E-state index in [-0.39, 0.29) is 11.8 Å². The number of amides is 1. The van der Waals surface area contributed by atoms with Gasteiger partial charge in [-0.15, -0.1) is 0 Å². The van der Waals surface area contributed by atoms with Gasteiger partial charge in [-0.05, 0) is 24.1 Å². The fourth-order valence-corrected chi connectivity index (χ4v) is 6.55. The van der Waals surface area contributed by atoms with Crippen LogP contribution in [-0.4, -0.2) is 59.2 Å². The smallest absolute Gasteiger partial charge is 0.252 e. The van der Waals surface area contributed by atoms with Gasteiger partial charge < -0.3 is 20.1 Å². The summed E-state index contributed by atoms with van der Waals surface area (Å²) in [4.78, 5) is 24.8. The number of likely N-dealkylation sites (N-methyl/N-ethyl adjacent to an activating group) is 1. The van der Waals surface area contributed by atoms with Crippen molar-refractivity contribution in [2.24, 2.45) is 5.73 Å². The predicted molar refractivity (Wildman–Crippen MR) is 98.5 cm³/mol.